The van der Waals surface area contributed by atoms with Gasteiger partial charge in [-0.25, -0.2) is 0 Å². The number of carbonyl (C=O) groups excluding carboxylic acids is 1. The van der Waals surface area contributed by atoms with Gasteiger partial charge in [-0.05, 0) is 46.7 Å². The molecular weight excluding hydrogens is 324 g/mol. The van der Waals surface area contributed by atoms with Crippen molar-refractivity contribution in [3.05, 3.63) is 32.8 Å². The Morgan fingerprint density at radius 3 is 2.50 bits per heavy atom. The van der Waals surface area contributed by atoms with E-state index in [0.29, 0.717) is 22.0 Å². The van der Waals surface area contributed by atoms with Crippen LogP contribution in [0.3, 0.4) is 0 Å². The van der Waals surface area contributed by atoms with Gasteiger partial charge in [-0.1, -0.05) is 12.8 Å². The van der Waals surface area contributed by atoms with E-state index in [0.717, 1.165) is 12.8 Å². The SMILES string of the molecule is O=C(Nc1ccc([N+](=O)[O-])cc1Br)C1[C@H]2CCCC[C@@H]12. The Morgan fingerprint density at radius 1 is 1.30 bits per heavy atom. The fraction of sp³-hybridized carbons (Fsp3) is 0.500. The number of amides is 1. The Balaban J connectivity index is 1.69. The van der Waals surface area contributed by atoms with Gasteiger partial charge in [0.2, 0.25) is 5.91 Å². The first-order chi connectivity index (χ1) is 9.58. The third-order valence-corrected chi connectivity index (χ3v) is 5.04. The quantitative estimate of drug-likeness (QED) is 0.674. The summed E-state index contributed by atoms with van der Waals surface area (Å²) in [7, 11) is 0. The first kappa shape index (κ1) is 13.5. The van der Waals surface area contributed by atoms with Gasteiger partial charge >= 0.3 is 0 Å². The number of anilines is 1. The van der Waals surface area contributed by atoms with Crippen LogP contribution in [-0.4, -0.2) is 10.8 Å². The molecule has 2 aliphatic carbocycles. The van der Waals surface area contributed by atoms with Crippen molar-refractivity contribution in [1.29, 1.82) is 0 Å². The molecule has 20 heavy (non-hydrogen) atoms. The third-order valence-electron chi connectivity index (χ3n) is 4.38. The van der Waals surface area contributed by atoms with E-state index in [9.17, 15) is 14.9 Å². The number of fused-ring (bicyclic) bond motifs is 1. The number of halogens is 1. The summed E-state index contributed by atoms with van der Waals surface area (Å²) in [5, 5.41) is 13.6. The summed E-state index contributed by atoms with van der Waals surface area (Å²) in [6, 6.07) is 4.39. The molecule has 0 bridgehead atoms. The second-order valence-electron chi connectivity index (χ2n) is 5.55. The van der Waals surface area contributed by atoms with Crippen LogP contribution in [0.15, 0.2) is 22.7 Å². The zero-order valence-electron chi connectivity index (χ0n) is 10.8. The molecule has 1 N–H and O–H groups in total. The average molecular weight is 339 g/mol. The second-order valence-corrected chi connectivity index (χ2v) is 6.40. The van der Waals surface area contributed by atoms with Gasteiger partial charge in [0, 0.05) is 22.5 Å². The van der Waals surface area contributed by atoms with E-state index in [-0.39, 0.29) is 17.5 Å². The minimum absolute atomic E-state index is 0.00923. The molecule has 0 heterocycles. The lowest BCUT2D eigenvalue weighted by Crippen LogP contribution is -2.15. The van der Waals surface area contributed by atoms with Gasteiger partial charge in [0.15, 0.2) is 0 Å². The van der Waals surface area contributed by atoms with Crippen molar-refractivity contribution >= 4 is 33.2 Å². The second kappa shape index (κ2) is 5.16. The summed E-state index contributed by atoms with van der Waals surface area (Å²) in [6.07, 6.45) is 4.77. The number of carbonyl (C=O) groups is 1. The molecule has 0 saturated heterocycles. The molecule has 2 saturated carbocycles. The Bertz CT molecular complexity index is 564. The van der Waals surface area contributed by atoms with Crippen LogP contribution < -0.4 is 5.32 Å². The van der Waals surface area contributed by atoms with Crippen molar-refractivity contribution in [3.8, 4) is 0 Å². The molecule has 2 fully saturated rings. The van der Waals surface area contributed by atoms with Crippen molar-refractivity contribution in [1.82, 2.24) is 0 Å². The molecule has 0 spiro atoms. The molecule has 6 heteroatoms. The van der Waals surface area contributed by atoms with Gasteiger partial charge in [0.05, 0.1) is 10.6 Å². The number of benzene rings is 1. The lowest BCUT2D eigenvalue weighted by atomic mass is 10.0. The zero-order chi connectivity index (χ0) is 14.3. The molecule has 0 radical (unpaired) electrons. The van der Waals surface area contributed by atoms with Gasteiger partial charge in [-0.3, -0.25) is 14.9 Å². The fourth-order valence-corrected chi connectivity index (χ4v) is 3.78. The molecule has 1 amide bonds. The van der Waals surface area contributed by atoms with E-state index in [2.05, 4.69) is 21.2 Å². The molecule has 2 aliphatic rings. The van der Waals surface area contributed by atoms with Crippen LogP contribution in [0.4, 0.5) is 11.4 Å². The van der Waals surface area contributed by atoms with Crippen LogP contribution in [-0.2, 0) is 4.79 Å². The van der Waals surface area contributed by atoms with Crippen molar-refractivity contribution in [2.45, 2.75) is 25.7 Å². The minimum Gasteiger partial charge on any atom is -0.325 e. The minimum atomic E-state index is -0.453. The molecule has 3 atom stereocenters. The summed E-state index contributed by atoms with van der Waals surface area (Å²) < 4.78 is 0.545. The maximum atomic E-state index is 12.2. The summed E-state index contributed by atoms with van der Waals surface area (Å²) in [6.45, 7) is 0. The standard InChI is InChI=1S/C14H15BrN2O3/c15-11-7-8(17(19)20)5-6-12(11)16-14(18)13-9-3-1-2-4-10(9)13/h5-7,9-10,13H,1-4H2,(H,16,18)/t9-,10+,13?. The van der Waals surface area contributed by atoms with Gasteiger partial charge in [0.1, 0.15) is 0 Å². The molecular formula is C14H15BrN2O3. The van der Waals surface area contributed by atoms with Crippen LogP contribution in [0, 0.1) is 27.9 Å². The third kappa shape index (κ3) is 2.44. The first-order valence-corrected chi connectivity index (χ1v) is 7.62. The van der Waals surface area contributed by atoms with Crippen LogP contribution in [0.2, 0.25) is 0 Å². The molecule has 1 aromatic carbocycles. The van der Waals surface area contributed by atoms with Crippen molar-refractivity contribution in [3.63, 3.8) is 0 Å². The van der Waals surface area contributed by atoms with Crippen LogP contribution in [0.25, 0.3) is 0 Å². The van der Waals surface area contributed by atoms with E-state index < -0.39 is 4.92 Å². The van der Waals surface area contributed by atoms with E-state index in [1.807, 2.05) is 0 Å². The number of hydrogen-bond acceptors (Lipinski definition) is 3. The highest BCUT2D eigenvalue weighted by molar-refractivity contribution is 9.10. The normalized spacial score (nSPS) is 27.6. The van der Waals surface area contributed by atoms with Crippen LogP contribution >= 0.6 is 15.9 Å². The number of nitrogens with one attached hydrogen (secondary N) is 1. The van der Waals surface area contributed by atoms with Gasteiger partial charge in [0.25, 0.3) is 5.69 Å². The van der Waals surface area contributed by atoms with E-state index in [1.165, 1.54) is 25.0 Å². The molecule has 0 aromatic heterocycles. The van der Waals surface area contributed by atoms with E-state index >= 15 is 0 Å². The van der Waals surface area contributed by atoms with Gasteiger partial charge in [-0.2, -0.15) is 0 Å². The lowest BCUT2D eigenvalue weighted by Gasteiger charge is -2.07. The summed E-state index contributed by atoms with van der Waals surface area (Å²) >= 11 is 3.27. The van der Waals surface area contributed by atoms with Crippen molar-refractivity contribution in [2.24, 2.45) is 17.8 Å². The Morgan fingerprint density at radius 2 is 1.95 bits per heavy atom. The van der Waals surface area contributed by atoms with Crippen LogP contribution in [0.5, 0.6) is 0 Å². The highest BCUT2D eigenvalue weighted by Crippen LogP contribution is 2.55. The topological polar surface area (TPSA) is 72.2 Å². The number of nitro benzene ring substituents is 1. The lowest BCUT2D eigenvalue weighted by molar-refractivity contribution is -0.384. The van der Waals surface area contributed by atoms with Crippen LogP contribution in [0.1, 0.15) is 25.7 Å². The fourth-order valence-electron chi connectivity index (χ4n) is 3.32. The number of nitro groups is 1. The largest absolute Gasteiger partial charge is 0.325 e. The number of rotatable bonds is 3. The zero-order valence-corrected chi connectivity index (χ0v) is 12.4. The van der Waals surface area contributed by atoms with Crippen molar-refractivity contribution in [2.75, 3.05) is 5.32 Å². The Hall–Kier alpha value is -1.43. The van der Waals surface area contributed by atoms with Gasteiger partial charge < -0.3 is 5.32 Å². The Labute approximate surface area is 125 Å². The molecule has 106 valence electrons. The predicted molar refractivity (Wildman–Crippen MR) is 78.4 cm³/mol. The molecule has 1 aromatic rings. The van der Waals surface area contributed by atoms with E-state index in [4.69, 9.17) is 0 Å². The monoisotopic (exact) mass is 338 g/mol. The first-order valence-electron chi connectivity index (χ1n) is 6.83. The predicted octanol–water partition coefficient (Wildman–Crippen LogP) is 3.73. The summed E-state index contributed by atoms with van der Waals surface area (Å²) in [5.41, 5.74) is 0.610. The molecule has 5 nitrogen and oxygen atoms in total. The Kier molecular flexibility index (Phi) is 3.50. The summed E-state index contributed by atoms with van der Waals surface area (Å²) in [4.78, 5) is 22.5. The maximum Gasteiger partial charge on any atom is 0.270 e. The smallest absolute Gasteiger partial charge is 0.270 e. The van der Waals surface area contributed by atoms with Crippen molar-refractivity contribution < 1.29 is 9.72 Å². The van der Waals surface area contributed by atoms with Gasteiger partial charge in [-0.15, -0.1) is 0 Å². The molecule has 0 aliphatic heterocycles. The highest BCUT2D eigenvalue weighted by Gasteiger charge is 2.54. The number of non-ortho nitro benzene ring substituents is 1. The molecule has 3 rings (SSSR count). The number of hydrogen-bond donors (Lipinski definition) is 1. The summed E-state index contributed by atoms with van der Waals surface area (Å²) in [5.74, 6) is 1.30. The average Bonchev–Trinajstić information content (AvgIpc) is 3.15. The maximum absolute atomic E-state index is 12.2. The molecule has 1 unspecified atom stereocenters. The number of nitrogens with zero attached hydrogens (tertiary/aromatic N) is 1. The highest BCUT2D eigenvalue weighted by atomic mass is 79.9. The van der Waals surface area contributed by atoms with E-state index in [1.54, 1.807) is 6.07 Å².